The Morgan fingerprint density at radius 3 is 2.47 bits per heavy atom. The molecule has 0 fully saturated rings. The smallest absolute Gasteiger partial charge is 0.338 e. The van der Waals surface area contributed by atoms with Gasteiger partial charge in [-0.25, -0.2) is 18.6 Å². The van der Waals surface area contributed by atoms with Gasteiger partial charge in [0.25, 0.3) is 5.91 Å². The molecule has 0 saturated heterocycles. The maximum absolute atomic E-state index is 13.4. The number of hydrogen-bond donors (Lipinski definition) is 1. The first-order valence-electron chi connectivity index (χ1n) is 10.5. The van der Waals surface area contributed by atoms with Crippen LogP contribution in [0.15, 0.2) is 72.8 Å². The van der Waals surface area contributed by atoms with Gasteiger partial charge in [-0.1, -0.05) is 30.3 Å². The Bertz CT molecular complexity index is 1360. The van der Waals surface area contributed by atoms with Crippen LogP contribution in [0.1, 0.15) is 17.3 Å². The zero-order chi connectivity index (χ0) is 24.1. The minimum absolute atomic E-state index is 0.0988. The molecule has 34 heavy (non-hydrogen) atoms. The van der Waals surface area contributed by atoms with Gasteiger partial charge in [0.2, 0.25) is 0 Å². The van der Waals surface area contributed by atoms with E-state index in [2.05, 4.69) is 10.3 Å². The van der Waals surface area contributed by atoms with Crippen LogP contribution >= 0.6 is 0 Å². The number of ether oxygens (including phenoxy) is 2. The molecule has 0 aliphatic rings. The second kappa shape index (κ2) is 10.1. The van der Waals surface area contributed by atoms with E-state index in [1.54, 1.807) is 31.2 Å². The summed E-state index contributed by atoms with van der Waals surface area (Å²) in [4.78, 5) is 29.3. The second-order valence-electron chi connectivity index (χ2n) is 7.29. The van der Waals surface area contributed by atoms with E-state index in [0.717, 1.165) is 17.7 Å². The number of esters is 1. The number of amides is 1. The number of carbonyl (C=O) groups is 2. The van der Waals surface area contributed by atoms with E-state index in [0.29, 0.717) is 27.9 Å². The molecule has 0 aliphatic heterocycles. The van der Waals surface area contributed by atoms with Crippen molar-refractivity contribution >= 4 is 28.5 Å². The summed E-state index contributed by atoms with van der Waals surface area (Å²) in [6.07, 6.45) is 0. The van der Waals surface area contributed by atoms with E-state index in [4.69, 9.17) is 9.47 Å². The summed E-state index contributed by atoms with van der Waals surface area (Å²) < 4.78 is 37.4. The summed E-state index contributed by atoms with van der Waals surface area (Å²) >= 11 is 0. The van der Waals surface area contributed by atoms with Gasteiger partial charge < -0.3 is 14.8 Å². The van der Waals surface area contributed by atoms with Crippen LogP contribution in [0, 0.1) is 11.6 Å². The third-order valence-electron chi connectivity index (χ3n) is 4.91. The first-order valence-corrected chi connectivity index (χ1v) is 10.5. The average Bonchev–Trinajstić information content (AvgIpc) is 2.85. The van der Waals surface area contributed by atoms with Crippen molar-refractivity contribution in [3.05, 3.63) is 90.0 Å². The Hall–Kier alpha value is -4.33. The van der Waals surface area contributed by atoms with Crippen molar-refractivity contribution < 1.29 is 27.8 Å². The van der Waals surface area contributed by atoms with Crippen molar-refractivity contribution in [2.45, 2.75) is 6.92 Å². The van der Waals surface area contributed by atoms with E-state index in [9.17, 15) is 18.4 Å². The van der Waals surface area contributed by atoms with Gasteiger partial charge in [-0.3, -0.25) is 4.79 Å². The molecule has 3 aromatic carbocycles. The van der Waals surface area contributed by atoms with Gasteiger partial charge in [-0.2, -0.15) is 0 Å². The number of halogens is 2. The fourth-order valence-corrected chi connectivity index (χ4v) is 3.33. The lowest BCUT2D eigenvalue weighted by atomic mass is 10.1. The van der Waals surface area contributed by atoms with Gasteiger partial charge in [-0.05, 0) is 37.3 Å². The molecule has 1 heterocycles. The van der Waals surface area contributed by atoms with Crippen LogP contribution in [0.3, 0.4) is 0 Å². The highest BCUT2D eigenvalue weighted by Gasteiger charge is 2.15. The third-order valence-corrected chi connectivity index (χ3v) is 4.91. The first kappa shape index (κ1) is 22.8. The molecule has 0 atom stereocenters. The van der Waals surface area contributed by atoms with Crippen LogP contribution in [0.5, 0.6) is 5.75 Å². The summed E-state index contributed by atoms with van der Waals surface area (Å²) in [6.45, 7) is 1.54. The zero-order valence-corrected chi connectivity index (χ0v) is 18.2. The van der Waals surface area contributed by atoms with E-state index in [1.165, 1.54) is 6.07 Å². The predicted molar refractivity (Wildman–Crippen MR) is 124 cm³/mol. The number of nitrogens with zero attached hydrogens (tertiary/aromatic N) is 1. The lowest BCUT2D eigenvalue weighted by Crippen LogP contribution is -2.20. The van der Waals surface area contributed by atoms with Gasteiger partial charge in [0.15, 0.2) is 18.2 Å². The molecule has 0 bridgehead atoms. The van der Waals surface area contributed by atoms with Crippen LogP contribution in [0.2, 0.25) is 0 Å². The number of nitrogens with one attached hydrogen (secondary N) is 1. The normalized spacial score (nSPS) is 10.7. The lowest BCUT2D eigenvalue weighted by molar-refractivity contribution is -0.118. The standard InChI is InChI=1S/C26H20F2N2O4/c1-2-33-26(32)17-8-11-22-19(12-17)24(14-23(30-22)16-6-4-3-5-7-16)34-15-25(31)29-18-9-10-20(27)21(28)13-18/h3-14H,2,15H2,1H3,(H,29,31). The van der Waals surface area contributed by atoms with E-state index in [1.807, 2.05) is 30.3 Å². The fraction of sp³-hybridized carbons (Fsp3) is 0.115. The van der Waals surface area contributed by atoms with Crippen LogP contribution in [0.25, 0.3) is 22.2 Å². The van der Waals surface area contributed by atoms with Crippen LogP contribution in [-0.4, -0.2) is 30.1 Å². The molecule has 6 nitrogen and oxygen atoms in total. The van der Waals surface area contributed by atoms with Crippen molar-refractivity contribution in [2.24, 2.45) is 0 Å². The number of hydrogen-bond acceptors (Lipinski definition) is 5. The van der Waals surface area contributed by atoms with Gasteiger partial charge >= 0.3 is 5.97 Å². The van der Waals surface area contributed by atoms with Gasteiger partial charge in [0, 0.05) is 28.8 Å². The average molecular weight is 462 g/mol. The monoisotopic (exact) mass is 462 g/mol. The summed E-state index contributed by atoms with van der Waals surface area (Å²) in [7, 11) is 0. The SMILES string of the molecule is CCOC(=O)c1ccc2nc(-c3ccccc3)cc(OCC(=O)Nc3ccc(F)c(F)c3)c2c1. The van der Waals surface area contributed by atoms with Gasteiger partial charge in [0.1, 0.15) is 5.75 Å². The molecular weight excluding hydrogens is 442 g/mol. The molecule has 172 valence electrons. The Morgan fingerprint density at radius 1 is 0.941 bits per heavy atom. The molecule has 1 aromatic heterocycles. The molecule has 4 aromatic rings. The van der Waals surface area contributed by atoms with Crippen LogP contribution < -0.4 is 10.1 Å². The highest BCUT2D eigenvalue weighted by atomic mass is 19.2. The van der Waals surface area contributed by atoms with Crippen LogP contribution in [-0.2, 0) is 9.53 Å². The predicted octanol–water partition coefficient (Wildman–Crippen LogP) is 5.37. The van der Waals surface area contributed by atoms with Crippen molar-refractivity contribution in [1.82, 2.24) is 4.98 Å². The highest BCUT2D eigenvalue weighted by Crippen LogP contribution is 2.31. The van der Waals surface area contributed by atoms with Crippen molar-refractivity contribution in [1.29, 1.82) is 0 Å². The highest BCUT2D eigenvalue weighted by molar-refractivity contribution is 5.97. The topological polar surface area (TPSA) is 77.5 Å². The number of anilines is 1. The van der Waals surface area contributed by atoms with Crippen LogP contribution in [0.4, 0.5) is 14.5 Å². The number of fused-ring (bicyclic) bond motifs is 1. The number of benzene rings is 3. The quantitative estimate of drug-likeness (QED) is 0.374. The van der Waals surface area contributed by atoms with Crippen molar-refractivity contribution in [3.8, 4) is 17.0 Å². The molecular formula is C26H20F2N2O4. The van der Waals surface area contributed by atoms with Crippen molar-refractivity contribution in [3.63, 3.8) is 0 Å². The first-order chi connectivity index (χ1) is 16.4. The maximum atomic E-state index is 13.4. The molecule has 4 rings (SSSR count). The minimum atomic E-state index is -1.07. The second-order valence-corrected chi connectivity index (χ2v) is 7.29. The molecule has 8 heteroatoms. The molecule has 0 radical (unpaired) electrons. The number of aromatic nitrogens is 1. The fourth-order valence-electron chi connectivity index (χ4n) is 3.33. The summed E-state index contributed by atoms with van der Waals surface area (Å²) in [5, 5.41) is 2.98. The molecule has 0 saturated carbocycles. The van der Waals surface area contributed by atoms with Gasteiger partial charge in [-0.15, -0.1) is 0 Å². The molecule has 1 amide bonds. The summed E-state index contributed by atoms with van der Waals surface area (Å²) in [5.74, 6) is -2.81. The summed E-state index contributed by atoms with van der Waals surface area (Å²) in [5.41, 5.74) is 2.44. The maximum Gasteiger partial charge on any atom is 0.338 e. The third kappa shape index (κ3) is 5.17. The Kier molecular flexibility index (Phi) is 6.77. The Morgan fingerprint density at radius 2 is 1.74 bits per heavy atom. The number of carbonyl (C=O) groups excluding carboxylic acids is 2. The number of pyridine rings is 1. The minimum Gasteiger partial charge on any atom is -0.483 e. The van der Waals surface area contributed by atoms with Crippen molar-refractivity contribution in [2.75, 3.05) is 18.5 Å². The Labute approximate surface area is 194 Å². The van der Waals surface area contributed by atoms with E-state index >= 15 is 0 Å². The molecule has 0 aliphatic carbocycles. The molecule has 0 unspecified atom stereocenters. The lowest BCUT2D eigenvalue weighted by Gasteiger charge is -2.13. The molecule has 0 spiro atoms. The zero-order valence-electron chi connectivity index (χ0n) is 18.2. The number of rotatable bonds is 7. The Balaban J connectivity index is 1.64. The summed E-state index contributed by atoms with van der Waals surface area (Å²) in [6, 6.07) is 19.0. The van der Waals surface area contributed by atoms with E-state index < -0.39 is 30.1 Å². The largest absolute Gasteiger partial charge is 0.483 e. The van der Waals surface area contributed by atoms with E-state index in [-0.39, 0.29) is 12.3 Å². The molecule has 1 N–H and O–H groups in total. The van der Waals surface area contributed by atoms with Gasteiger partial charge in [0.05, 0.1) is 23.4 Å².